The molecular formula is C22H27N5O3. The molecule has 1 spiro atoms. The molecule has 2 aliphatic heterocycles. The number of carbonyl (C=O) groups excluding carboxylic acids is 3. The molecule has 4 amide bonds. The van der Waals surface area contributed by atoms with Crippen LogP contribution in [0.1, 0.15) is 31.0 Å². The Morgan fingerprint density at radius 2 is 1.77 bits per heavy atom. The van der Waals surface area contributed by atoms with Crippen molar-refractivity contribution in [3.05, 3.63) is 53.9 Å². The second-order valence-corrected chi connectivity index (χ2v) is 8.04. The summed E-state index contributed by atoms with van der Waals surface area (Å²) in [6.07, 6.45) is 2.63. The molecule has 2 fully saturated rings. The minimum absolute atomic E-state index is 0.00208. The molecule has 1 aromatic carbocycles. The van der Waals surface area contributed by atoms with E-state index in [1.54, 1.807) is 27.6 Å². The summed E-state index contributed by atoms with van der Waals surface area (Å²) in [6.45, 7) is 5.57. The molecule has 158 valence electrons. The summed E-state index contributed by atoms with van der Waals surface area (Å²) >= 11 is 0. The average molecular weight is 409 g/mol. The number of likely N-dealkylation sites (tertiary alicyclic amines) is 1. The van der Waals surface area contributed by atoms with Gasteiger partial charge in [0.25, 0.3) is 5.91 Å². The van der Waals surface area contributed by atoms with Crippen LogP contribution in [0.3, 0.4) is 0 Å². The second kappa shape index (κ2) is 7.93. The van der Waals surface area contributed by atoms with E-state index in [1.165, 1.54) is 4.90 Å². The quantitative estimate of drug-likeness (QED) is 0.708. The van der Waals surface area contributed by atoms with Crippen LogP contribution in [-0.2, 0) is 22.7 Å². The zero-order chi connectivity index (χ0) is 21.3. The smallest absolute Gasteiger partial charge is 0.328 e. The number of rotatable bonds is 5. The minimum Gasteiger partial charge on any atom is -0.343 e. The fraction of sp³-hybridized carbons (Fsp3) is 0.455. The van der Waals surface area contributed by atoms with Crippen molar-refractivity contribution >= 4 is 17.8 Å². The first kappa shape index (κ1) is 20.1. The van der Waals surface area contributed by atoms with E-state index in [2.05, 4.69) is 5.10 Å². The van der Waals surface area contributed by atoms with E-state index < -0.39 is 5.54 Å². The van der Waals surface area contributed by atoms with Gasteiger partial charge in [-0.05, 0) is 31.4 Å². The summed E-state index contributed by atoms with van der Waals surface area (Å²) < 4.78 is 1.80. The van der Waals surface area contributed by atoms with Gasteiger partial charge in [-0.1, -0.05) is 30.3 Å². The number of aryl methyl sites for hydroxylation is 1. The van der Waals surface area contributed by atoms with Crippen LogP contribution in [0.25, 0.3) is 0 Å². The summed E-state index contributed by atoms with van der Waals surface area (Å²) in [5.74, 6) is -0.154. The molecular weight excluding hydrogens is 382 g/mol. The summed E-state index contributed by atoms with van der Waals surface area (Å²) in [5.41, 5.74) is 1.08. The Labute approximate surface area is 176 Å². The first-order chi connectivity index (χ1) is 14.4. The van der Waals surface area contributed by atoms with Gasteiger partial charge in [0.1, 0.15) is 5.54 Å². The molecule has 3 heterocycles. The molecule has 2 aromatic rings. The highest BCUT2D eigenvalue weighted by Gasteiger charge is 2.57. The van der Waals surface area contributed by atoms with Crippen molar-refractivity contribution < 1.29 is 14.4 Å². The molecule has 30 heavy (non-hydrogen) atoms. The van der Waals surface area contributed by atoms with Crippen LogP contribution in [0.15, 0.2) is 42.6 Å². The van der Waals surface area contributed by atoms with Crippen molar-refractivity contribution in [2.24, 2.45) is 0 Å². The number of piperidine rings is 1. The third-order valence-corrected chi connectivity index (χ3v) is 6.31. The number of imide groups is 1. The molecule has 0 N–H and O–H groups in total. The van der Waals surface area contributed by atoms with Crippen LogP contribution in [0, 0.1) is 6.92 Å². The number of urea groups is 1. The van der Waals surface area contributed by atoms with E-state index in [4.69, 9.17) is 0 Å². The van der Waals surface area contributed by atoms with E-state index in [0.29, 0.717) is 39.0 Å². The van der Waals surface area contributed by atoms with Gasteiger partial charge in [-0.25, -0.2) is 4.79 Å². The molecule has 8 nitrogen and oxygen atoms in total. The molecule has 2 saturated heterocycles. The number of amides is 4. The van der Waals surface area contributed by atoms with Gasteiger partial charge in [0, 0.05) is 38.4 Å². The van der Waals surface area contributed by atoms with Crippen LogP contribution in [-0.4, -0.2) is 67.5 Å². The highest BCUT2D eigenvalue weighted by Crippen LogP contribution is 2.38. The summed E-state index contributed by atoms with van der Waals surface area (Å²) in [5, 5.41) is 4.26. The average Bonchev–Trinajstić information content (AvgIpc) is 3.23. The molecule has 0 aliphatic carbocycles. The fourth-order valence-electron chi connectivity index (χ4n) is 4.47. The maximum Gasteiger partial charge on any atom is 0.328 e. The SMILES string of the molecule is CC(=O)N1CCC2(CC1)C(=O)N(CCn1nccc1C)C(=O)N2Cc1ccccc1. The lowest BCUT2D eigenvalue weighted by Gasteiger charge is -2.42. The highest BCUT2D eigenvalue weighted by atomic mass is 16.2. The van der Waals surface area contributed by atoms with Gasteiger partial charge in [-0.15, -0.1) is 0 Å². The van der Waals surface area contributed by atoms with Crippen molar-refractivity contribution in [2.75, 3.05) is 19.6 Å². The fourth-order valence-corrected chi connectivity index (χ4v) is 4.47. The van der Waals surface area contributed by atoms with Crippen molar-refractivity contribution in [1.29, 1.82) is 0 Å². The maximum absolute atomic E-state index is 13.5. The van der Waals surface area contributed by atoms with Gasteiger partial charge in [0.05, 0.1) is 13.1 Å². The minimum atomic E-state index is -0.891. The van der Waals surface area contributed by atoms with Crippen LogP contribution in [0.4, 0.5) is 4.79 Å². The number of hydrogen-bond acceptors (Lipinski definition) is 4. The zero-order valence-electron chi connectivity index (χ0n) is 17.5. The van der Waals surface area contributed by atoms with Gasteiger partial charge in [0.2, 0.25) is 5.91 Å². The van der Waals surface area contributed by atoms with Crippen LogP contribution in [0.2, 0.25) is 0 Å². The largest absolute Gasteiger partial charge is 0.343 e. The van der Waals surface area contributed by atoms with E-state index >= 15 is 0 Å². The van der Waals surface area contributed by atoms with Gasteiger partial charge in [-0.2, -0.15) is 5.10 Å². The monoisotopic (exact) mass is 409 g/mol. The molecule has 0 radical (unpaired) electrons. The second-order valence-electron chi connectivity index (χ2n) is 8.04. The third-order valence-electron chi connectivity index (χ3n) is 6.31. The molecule has 2 aliphatic rings. The van der Waals surface area contributed by atoms with E-state index in [0.717, 1.165) is 11.3 Å². The van der Waals surface area contributed by atoms with Gasteiger partial charge >= 0.3 is 6.03 Å². The van der Waals surface area contributed by atoms with E-state index in [1.807, 2.05) is 43.3 Å². The Morgan fingerprint density at radius 3 is 2.37 bits per heavy atom. The van der Waals surface area contributed by atoms with Crippen LogP contribution >= 0.6 is 0 Å². The third kappa shape index (κ3) is 3.46. The van der Waals surface area contributed by atoms with Crippen LogP contribution in [0.5, 0.6) is 0 Å². The first-order valence-corrected chi connectivity index (χ1v) is 10.3. The lowest BCUT2D eigenvalue weighted by atomic mass is 9.85. The molecule has 0 unspecified atom stereocenters. The van der Waals surface area contributed by atoms with Crippen LogP contribution < -0.4 is 0 Å². The normalized spacial score (nSPS) is 18.5. The Hall–Kier alpha value is -3.16. The van der Waals surface area contributed by atoms with Crippen molar-refractivity contribution in [2.45, 2.75) is 45.3 Å². The molecule has 0 saturated carbocycles. The molecule has 1 aromatic heterocycles. The Kier molecular flexibility index (Phi) is 5.32. The predicted octanol–water partition coefficient (Wildman–Crippen LogP) is 2.04. The number of carbonyl (C=O) groups is 3. The predicted molar refractivity (Wildman–Crippen MR) is 110 cm³/mol. The number of nitrogens with zero attached hydrogens (tertiary/aromatic N) is 5. The topological polar surface area (TPSA) is 78.8 Å². The van der Waals surface area contributed by atoms with Crippen molar-refractivity contribution in [3.63, 3.8) is 0 Å². The number of aromatic nitrogens is 2. The first-order valence-electron chi connectivity index (χ1n) is 10.3. The number of hydrogen-bond donors (Lipinski definition) is 0. The number of benzene rings is 1. The lowest BCUT2D eigenvalue weighted by molar-refractivity contribution is -0.140. The zero-order valence-corrected chi connectivity index (χ0v) is 17.5. The Balaban J connectivity index is 1.59. The Bertz CT molecular complexity index is 947. The van der Waals surface area contributed by atoms with Gasteiger partial charge in [0.15, 0.2) is 0 Å². The van der Waals surface area contributed by atoms with Crippen molar-refractivity contribution in [3.8, 4) is 0 Å². The Morgan fingerprint density at radius 1 is 1.07 bits per heavy atom. The highest BCUT2D eigenvalue weighted by molar-refractivity contribution is 6.07. The lowest BCUT2D eigenvalue weighted by Crippen LogP contribution is -2.56. The van der Waals surface area contributed by atoms with Gasteiger partial charge in [-0.3, -0.25) is 19.2 Å². The summed E-state index contributed by atoms with van der Waals surface area (Å²) in [7, 11) is 0. The molecule has 8 heteroatoms. The van der Waals surface area contributed by atoms with Crippen molar-refractivity contribution in [1.82, 2.24) is 24.5 Å². The molecule has 4 rings (SSSR count). The van der Waals surface area contributed by atoms with Gasteiger partial charge < -0.3 is 9.80 Å². The van der Waals surface area contributed by atoms with E-state index in [-0.39, 0.29) is 24.4 Å². The maximum atomic E-state index is 13.5. The molecule has 0 atom stereocenters. The van der Waals surface area contributed by atoms with E-state index in [9.17, 15) is 14.4 Å². The summed E-state index contributed by atoms with van der Waals surface area (Å²) in [4.78, 5) is 43.5. The molecule has 0 bridgehead atoms. The summed E-state index contributed by atoms with van der Waals surface area (Å²) in [6, 6.07) is 11.4. The standard InChI is InChI=1S/C22H27N5O3/c1-17-8-11-23-27(17)15-14-25-20(29)22(9-12-24(13-10-22)18(2)28)26(21(25)30)16-19-6-4-3-5-7-19/h3-8,11H,9-10,12-16H2,1-2H3.